The molecule has 0 aromatic heterocycles. The molecule has 1 N–H and O–H groups in total. The number of ether oxygens (including phenoxy) is 1. The molecule has 3 rings (SSSR count). The Kier molecular flexibility index (Phi) is 5.31. The number of aromatic hydroxyl groups is 1. The number of fused-ring (bicyclic) bond motifs is 1. The minimum Gasteiger partial charge on any atom is -0.507 e. The van der Waals surface area contributed by atoms with Gasteiger partial charge in [0.1, 0.15) is 11.5 Å². The highest BCUT2D eigenvalue weighted by molar-refractivity contribution is 14.1. The first-order valence-electron chi connectivity index (χ1n) is 6.55. The Bertz CT molecular complexity index is 917. The summed E-state index contributed by atoms with van der Waals surface area (Å²) < 4.78 is 8.30. The molecule has 0 aliphatic heterocycles. The van der Waals surface area contributed by atoms with Crippen molar-refractivity contribution in [2.45, 2.75) is 0 Å². The van der Waals surface area contributed by atoms with Crippen molar-refractivity contribution in [1.82, 2.24) is 0 Å². The molecule has 3 aromatic rings. The Morgan fingerprint density at radius 1 is 0.913 bits per heavy atom. The van der Waals surface area contributed by atoms with Crippen molar-refractivity contribution in [2.24, 2.45) is 0 Å². The summed E-state index contributed by atoms with van der Waals surface area (Å²) in [5, 5.41) is 11.5. The third-order valence-corrected chi connectivity index (χ3v) is 7.25. The lowest BCUT2D eigenvalue weighted by atomic mass is 10.1. The number of phenols is 1. The molecule has 6 heteroatoms. The van der Waals surface area contributed by atoms with Crippen molar-refractivity contribution < 1.29 is 14.6 Å². The number of esters is 1. The minimum absolute atomic E-state index is 0.0953. The van der Waals surface area contributed by atoms with Crippen molar-refractivity contribution in [3.05, 3.63) is 64.8 Å². The predicted molar refractivity (Wildman–Crippen MR) is 115 cm³/mol. The van der Waals surface area contributed by atoms with Gasteiger partial charge in [-0.05, 0) is 97.4 Å². The largest absolute Gasteiger partial charge is 0.507 e. The molecular formula is C17H9I3O3. The van der Waals surface area contributed by atoms with E-state index >= 15 is 0 Å². The lowest BCUT2D eigenvalue weighted by molar-refractivity contribution is 0.0734. The van der Waals surface area contributed by atoms with Crippen LogP contribution in [0.3, 0.4) is 0 Å². The van der Waals surface area contributed by atoms with Gasteiger partial charge in [-0.15, -0.1) is 0 Å². The van der Waals surface area contributed by atoms with E-state index in [0.29, 0.717) is 16.7 Å². The Morgan fingerprint density at radius 2 is 1.57 bits per heavy atom. The van der Waals surface area contributed by atoms with Crippen LogP contribution >= 0.6 is 67.8 Å². The lowest BCUT2D eigenvalue weighted by Crippen LogP contribution is -2.13. The Balaban J connectivity index is 2.07. The lowest BCUT2D eigenvalue weighted by Gasteiger charge is -2.11. The molecule has 0 aliphatic carbocycles. The van der Waals surface area contributed by atoms with Gasteiger partial charge in [0.2, 0.25) is 0 Å². The summed E-state index contributed by atoms with van der Waals surface area (Å²) in [6, 6.07) is 14.4. The smallest absolute Gasteiger partial charge is 0.345 e. The Hall–Kier alpha value is -0.620. The molecular weight excluding hydrogens is 633 g/mol. The Morgan fingerprint density at radius 3 is 2.30 bits per heavy atom. The van der Waals surface area contributed by atoms with Gasteiger partial charge in [-0.2, -0.15) is 0 Å². The molecule has 0 radical (unpaired) electrons. The standard InChI is InChI=1S/C17H9I3O3/c18-10-7-8-11(19)16(20)15(10)17(22)23-13-6-2-4-9-3-1-5-12(21)14(9)13/h1-8,21H. The predicted octanol–water partition coefficient (Wildman–Crippen LogP) is 5.58. The molecule has 0 aliphatic rings. The van der Waals surface area contributed by atoms with Crippen LogP contribution in [0.1, 0.15) is 10.4 Å². The maximum atomic E-state index is 12.6. The second kappa shape index (κ2) is 7.09. The highest BCUT2D eigenvalue weighted by Crippen LogP contribution is 2.34. The molecule has 3 aromatic carbocycles. The average Bonchev–Trinajstić information content (AvgIpc) is 2.52. The zero-order valence-corrected chi connectivity index (χ0v) is 18.0. The third kappa shape index (κ3) is 3.43. The van der Waals surface area contributed by atoms with E-state index in [9.17, 15) is 9.90 Å². The fourth-order valence-corrected chi connectivity index (χ4v) is 4.56. The summed E-state index contributed by atoms with van der Waals surface area (Å²) in [4.78, 5) is 12.6. The zero-order chi connectivity index (χ0) is 16.6. The van der Waals surface area contributed by atoms with Crippen molar-refractivity contribution >= 4 is 84.5 Å². The van der Waals surface area contributed by atoms with Crippen LogP contribution in [0.25, 0.3) is 10.8 Å². The number of benzene rings is 3. The topological polar surface area (TPSA) is 46.5 Å². The van der Waals surface area contributed by atoms with E-state index in [1.54, 1.807) is 24.3 Å². The first-order chi connectivity index (χ1) is 11.0. The maximum absolute atomic E-state index is 12.6. The second-order valence-corrected chi connectivity index (χ2v) is 8.14. The van der Waals surface area contributed by atoms with Crippen molar-refractivity contribution in [3.8, 4) is 11.5 Å². The fraction of sp³-hybridized carbons (Fsp3) is 0. The molecule has 0 saturated heterocycles. The van der Waals surface area contributed by atoms with Gasteiger partial charge in [-0.1, -0.05) is 24.3 Å². The number of hydrogen-bond acceptors (Lipinski definition) is 3. The van der Waals surface area contributed by atoms with Crippen molar-refractivity contribution in [2.75, 3.05) is 0 Å². The highest BCUT2D eigenvalue weighted by atomic mass is 127. The van der Waals surface area contributed by atoms with Crippen LogP contribution in [0.15, 0.2) is 48.5 Å². The molecule has 3 nitrogen and oxygen atoms in total. The first kappa shape index (κ1) is 17.2. The summed E-state index contributed by atoms with van der Waals surface area (Å²) in [7, 11) is 0. The van der Waals surface area contributed by atoms with Gasteiger partial charge in [0.15, 0.2) is 0 Å². The molecule has 0 unspecified atom stereocenters. The normalized spacial score (nSPS) is 10.7. The SMILES string of the molecule is O=C(Oc1cccc2cccc(O)c12)c1c(I)ccc(I)c1I. The van der Waals surface area contributed by atoms with E-state index in [1.165, 1.54) is 0 Å². The van der Waals surface area contributed by atoms with Gasteiger partial charge >= 0.3 is 5.97 Å². The maximum Gasteiger partial charge on any atom is 0.345 e. The number of carbonyl (C=O) groups is 1. The number of phenolic OH excluding ortho intramolecular Hbond substituents is 1. The highest BCUT2D eigenvalue weighted by Gasteiger charge is 2.20. The Labute approximate surface area is 173 Å². The monoisotopic (exact) mass is 642 g/mol. The number of rotatable bonds is 2. The van der Waals surface area contributed by atoms with E-state index in [4.69, 9.17) is 4.74 Å². The van der Waals surface area contributed by atoms with E-state index in [2.05, 4.69) is 67.8 Å². The molecule has 0 bridgehead atoms. The van der Waals surface area contributed by atoms with Crippen LogP contribution in [-0.2, 0) is 0 Å². The molecule has 116 valence electrons. The summed E-state index contributed by atoms with van der Waals surface area (Å²) >= 11 is 6.47. The van der Waals surface area contributed by atoms with Crippen LogP contribution in [0.2, 0.25) is 0 Å². The zero-order valence-electron chi connectivity index (χ0n) is 11.5. The van der Waals surface area contributed by atoms with Crippen LogP contribution in [0, 0.1) is 10.7 Å². The van der Waals surface area contributed by atoms with E-state index in [0.717, 1.165) is 16.1 Å². The van der Waals surface area contributed by atoms with Gasteiger partial charge in [-0.3, -0.25) is 0 Å². The molecule has 0 saturated carbocycles. The number of carbonyl (C=O) groups excluding carboxylic acids is 1. The van der Waals surface area contributed by atoms with Crippen LogP contribution < -0.4 is 4.74 Å². The molecule has 23 heavy (non-hydrogen) atoms. The average molecular weight is 642 g/mol. The van der Waals surface area contributed by atoms with Crippen LogP contribution in [-0.4, -0.2) is 11.1 Å². The summed E-state index contributed by atoms with van der Waals surface area (Å²) in [6.45, 7) is 0. The summed E-state index contributed by atoms with van der Waals surface area (Å²) in [5.74, 6) is 0.0297. The molecule has 0 fully saturated rings. The van der Waals surface area contributed by atoms with E-state index in [1.807, 2.05) is 24.3 Å². The number of halogens is 3. The summed E-state index contributed by atoms with van der Waals surface area (Å²) in [6.07, 6.45) is 0. The quantitative estimate of drug-likeness (QED) is 0.172. The minimum atomic E-state index is -0.423. The van der Waals surface area contributed by atoms with Gasteiger partial charge in [0.05, 0.1) is 10.9 Å². The van der Waals surface area contributed by atoms with Crippen molar-refractivity contribution in [1.29, 1.82) is 0 Å². The second-order valence-electron chi connectivity index (χ2n) is 4.74. The van der Waals surface area contributed by atoms with E-state index in [-0.39, 0.29) is 5.75 Å². The van der Waals surface area contributed by atoms with Crippen LogP contribution in [0.4, 0.5) is 0 Å². The van der Waals surface area contributed by atoms with Gasteiger partial charge < -0.3 is 9.84 Å². The molecule has 0 spiro atoms. The third-order valence-electron chi connectivity index (χ3n) is 3.30. The summed E-state index contributed by atoms with van der Waals surface area (Å²) in [5.41, 5.74) is 0.547. The van der Waals surface area contributed by atoms with Gasteiger partial charge in [0, 0.05) is 10.7 Å². The van der Waals surface area contributed by atoms with Gasteiger partial charge in [0.25, 0.3) is 0 Å². The van der Waals surface area contributed by atoms with Gasteiger partial charge in [-0.25, -0.2) is 4.79 Å². The van der Waals surface area contributed by atoms with Crippen LogP contribution in [0.5, 0.6) is 11.5 Å². The fourth-order valence-electron chi connectivity index (χ4n) is 2.24. The molecule has 0 atom stereocenters. The van der Waals surface area contributed by atoms with Crippen molar-refractivity contribution in [3.63, 3.8) is 0 Å². The molecule has 0 amide bonds. The number of hydrogen-bond donors (Lipinski definition) is 1. The first-order valence-corrected chi connectivity index (χ1v) is 9.79. The van der Waals surface area contributed by atoms with E-state index < -0.39 is 5.97 Å². The molecule has 0 heterocycles.